The Morgan fingerprint density at radius 2 is 1.93 bits per heavy atom. The molecule has 1 aliphatic carbocycles. The number of piperidine rings is 1. The Labute approximate surface area is 163 Å². The molecular formula is C20H23N7O. The molecule has 1 amide bonds. The summed E-state index contributed by atoms with van der Waals surface area (Å²) in [5.41, 5.74) is 1.61. The summed E-state index contributed by atoms with van der Waals surface area (Å²) in [6.07, 6.45) is 6.22. The van der Waals surface area contributed by atoms with Crippen LogP contribution >= 0.6 is 0 Å². The van der Waals surface area contributed by atoms with Crippen molar-refractivity contribution < 1.29 is 4.79 Å². The van der Waals surface area contributed by atoms with Crippen molar-refractivity contribution in [1.82, 2.24) is 30.1 Å². The minimum absolute atomic E-state index is 0.0373. The van der Waals surface area contributed by atoms with Crippen LogP contribution in [0.15, 0.2) is 36.5 Å². The molecule has 2 fully saturated rings. The van der Waals surface area contributed by atoms with Crippen LogP contribution in [0.3, 0.4) is 0 Å². The molecule has 0 radical (unpaired) electrons. The topological polar surface area (TPSA) is 88.3 Å². The molecule has 0 unspecified atom stereocenters. The summed E-state index contributed by atoms with van der Waals surface area (Å²) in [4.78, 5) is 18.8. The van der Waals surface area contributed by atoms with E-state index in [0.29, 0.717) is 12.3 Å². The normalized spacial score (nSPS) is 17.8. The van der Waals surface area contributed by atoms with Gasteiger partial charge in [-0.25, -0.2) is 0 Å². The number of fused-ring (bicyclic) bond motifs is 1. The number of nitrogens with zero attached hydrogens (tertiary/aromatic N) is 6. The van der Waals surface area contributed by atoms with Gasteiger partial charge in [0.2, 0.25) is 5.91 Å². The van der Waals surface area contributed by atoms with Crippen molar-refractivity contribution in [3.8, 4) is 0 Å². The van der Waals surface area contributed by atoms with Gasteiger partial charge >= 0.3 is 0 Å². The summed E-state index contributed by atoms with van der Waals surface area (Å²) in [5, 5.41) is 16.5. The molecule has 8 heteroatoms. The van der Waals surface area contributed by atoms with E-state index in [2.05, 4.69) is 25.4 Å². The van der Waals surface area contributed by atoms with Gasteiger partial charge in [-0.2, -0.15) is 4.52 Å². The second-order valence-electron chi connectivity index (χ2n) is 7.62. The van der Waals surface area contributed by atoms with Crippen molar-refractivity contribution in [2.45, 2.75) is 44.1 Å². The average molecular weight is 377 g/mol. The van der Waals surface area contributed by atoms with Gasteiger partial charge in [0, 0.05) is 36.9 Å². The maximum absolute atomic E-state index is 12.3. The third-order valence-electron chi connectivity index (χ3n) is 5.47. The fraction of sp³-hybridized carbons (Fsp3) is 0.450. The van der Waals surface area contributed by atoms with Crippen LogP contribution in [0.1, 0.15) is 43.1 Å². The Morgan fingerprint density at radius 1 is 1.07 bits per heavy atom. The van der Waals surface area contributed by atoms with Crippen molar-refractivity contribution >= 4 is 17.4 Å². The summed E-state index contributed by atoms with van der Waals surface area (Å²) in [6.45, 7) is 1.74. The number of carbonyl (C=O) groups is 1. The lowest BCUT2D eigenvalue weighted by atomic mass is 10.0. The van der Waals surface area contributed by atoms with Gasteiger partial charge in [-0.1, -0.05) is 6.07 Å². The van der Waals surface area contributed by atoms with E-state index in [9.17, 15) is 4.79 Å². The van der Waals surface area contributed by atoms with E-state index in [1.165, 1.54) is 12.8 Å². The molecule has 3 aromatic rings. The van der Waals surface area contributed by atoms with Crippen molar-refractivity contribution in [3.63, 3.8) is 0 Å². The summed E-state index contributed by atoms with van der Waals surface area (Å²) in [5.74, 6) is 2.48. The lowest BCUT2D eigenvalue weighted by Crippen LogP contribution is -2.45. The molecule has 1 saturated heterocycles. The number of aromatic nitrogens is 5. The highest BCUT2D eigenvalue weighted by Gasteiger charge is 2.30. The smallest absolute Gasteiger partial charge is 0.226 e. The number of amides is 1. The van der Waals surface area contributed by atoms with Gasteiger partial charge in [0.25, 0.3) is 0 Å². The Morgan fingerprint density at radius 3 is 2.68 bits per heavy atom. The van der Waals surface area contributed by atoms with Gasteiger partial charge in [0.05, 0.1) is 6.42 Å². The van der Waals surface area contributed by atoms with Gasteiger partial charge < -0.3 is 10.2 Å². The molecule has 144 valence electrons. The van der Waals surface area contributed by atoms with Gasteiger partial charge in [-0.3, -0.25) is 9.78 Å². The zero-order valence-corrected chi connectivity index (χ0v) is 15.7. The molecule has 28 heavy (non-hydrogen) atoms. The summed E-state index contributed by atoms with van der Waals surface area (Å²) < 4.78 is 1.90. The zero-order valence-electron chi connectivity index (χ0n) is 15.7. The third kappa shape index (κ3) is 3.54. The van der Waals surface area contributed by atoms with E-state index in [1.807, 2.05) is 34.8 Å². The molecular weight excluding hydrogens is 354 g/mol. The highest BCUT2D eigenvalue weighted by atomic mass is 16.1. The van der Waals surface area contributed by atoms with Gasteiger partial charge in [0.15, 0.2) is 11.5 Å². The number of pyridine rings is 1. The largest absolute Gasteiger partial charge is 0.355 e. The predicted octanol–water partition coefficient (Wildman–Crippen LogP) is 1.72. The Kier molecular flexibility index (Phi) is 4.38. The Balaban J connectivity index is 1.19. The van der Waals surface area contributed by atoms with E-state index < -0.39 is 0 Å². The van der Waals surface area contributed by atoms with E-state index in [4.69, 9.17) is 5.10 Å². The van der Waals surface area contributed by atoms with Crippen LogP contribution < -0.4 is 10.2 Å². The maximum atomic E-state index is 12.3. The zero-order chi connectivity index (χ0) is 18.9. The number of hydrogen-bond donors (Lipinski definition) is 1. The van der Waals surface area contributed by atoms with Crippen LogP contribution in [0.25, 0.3) is 5.65 Å². The third-order valence-corrected chi connectivity index (χ3v) is 5.47. The standard InChI is InChI=1S/C20H23N7O/c28-19(13-16-3-1-2-10-21-16)22-15-8-11-26(12-9-15)18-7-6-17-23-24-20(14-4-5-14)27(17)25-18/h1-3,6-7,10,14-15H,4-5,8-9,11-13H2,(H,22,28). The first-order valence-corrected chi connectivity index (χ1v) is 9.93. The molecule has 3 aromatic heterocycles. The van der Waals surface area contributed by atoms with Crippen LogP contribution in [0.4, 0.5) is 5.82 Å². The first-order chi connectivity index (χ1) is 13.8. The van der Waals surface area contributed by atoms with Crippen LogP contribution in [0.2, 0.25) is 0 Å². The van der Waals surface area contributed by atoms with Crippen molar-refractivity contribution in [2.75, 3.05) is 18.0 Å². The SMILES string of the molecule is O=C(Cc1ccccn1)NC1CCN(c2ccc3nnc(C4CC4)n3n2)CC1. The number of rotatable bonds is 5. The van der Waals surface area contributed by atoms with Crippen LogP contribution in [0, 0.1) is 0 Å². The van der Waals surface area contributed by atoms with Crippen LogP contribution in [-0.2, 0) is 11.2 Å². The number of carbonyl (C=O) groups excluding carboxylic acids is 1. The number of anilines is 1. The Bertz CT molecular complexity index is 975. The summed E-state index contributed by atoms with van der Waals surface area (Å²) in [7, 11) is 0. The van der Waals surface area contributed by atoms with E-state index in [1.54, 1.807) is 6.20 Å². The predicted molar refractivity (Wildman–Crippen MR) is 104 cm³/mol. The number of nitrogens with one attached hydrogen (secondary N) is 1. The van der Waals surface area contributed by atoms with Crippen LogP contribution in [-0.4, -0.2) is 49.8 Å². The molecule has 5 rings (SSSR count). The molecule has 0 spiro atoms. The molecule has 1 aliphatic heterocycles. The van der Waals surface area contributed by atoms with E-state index >= 15 is 0 Å². The monoisotopic (exact) mass is 377 g/mol. The minimum Gasteiger partial charge on any atom is -0.355 e. The molecule has 0 atom stereocenters. The lowest BCUT2D eigenvalue weighted by molar-refractivity contribution is -0.121. The summed E-state index contributed by atoms with van der Waals surface area (Å²) >= 11 is 0. The lowest BCUT2D eigenvalue weighted by Gasteiger charge is -2.33. The second kappa shape index (κ2) is 7.18. The first kappa shape index (κ1) is 17.1. The van der Waals surface area contributed by atoms with Crippen molar-refractivity contribution in [1.29, 1.82) is 0 Å². The van der Waals surface area contributed by atoms with Gasteiger partial charge in [-0.05, 0) is 49.9 Å². The van der Waals surface area contributed by atoms with Gasteiger partial charge in [0.1, 0.15) is 5.82 Å². The highest BCUT2D eigenvalue weighted by molar-refractivity contribution is 5.78. The first-order valence-electron chi connectivity index (χ1n) is 9.93. The fourth-order valence-electron chi connectivity index (χ4n) is 3.76. The molecule has 8 nitrogen and oxygen atoms in total. The molecule has 1 saturated carbocycles. The van der Waals surface area contributed by atoms with Crippen molar-refractivity contribution in [2.24, 2.45) is 0 Å². The molecule has 4 heterocycles. The van der Waals surface area contributed by atoms with Crippen LogP contribution in [0.5, 0.6) is 0 Å². The molecule has 0 bridgehead atoms. The molecule has 2 aliphatic rings. The molecule has 0 aromatic carbocycles. The fourth-order valence-corrected chi connectivity index (χ4v) is 3.76. The summed E-state index contributed by atoms with van der Waals surface area (Å²) in [6, 6.07) is 9.85. The number of hydrogen-bond acceptors (Lipinski definition) is 6. The highest BCUT2D eigenvalue weighted by Crippen LogP contribution is 2.38. The minimum atomic E-state index is 0.0373. The quantitative estimate of drug-likeness (QED) is 0.728. The maximum Gasteiger partial charge on any atom is 0.226 e. The van der Waals surface area contributed by atoms with Crippen molar-refractivity contribution in [3.05, 3.63) is 48.0 Å². The Hall–Kier alpha value is -3.03. The van der Waals surface area contributed by atoms with E-state index in [-0.39, 0.29) is 11.9 Å². The van der Waals surface area contributed by atoms with E-state index in [0.717, 1.165) is 48.9 Å². The average Bonchev–Trinajstić information content (AvgIpc) is 3.48. The molecule has 1 N–H and O–H groups in total. The van der Waals surface area contributed by atoms with Gasteiger partial charge in [-0.15, -0.1) is 15.3 Å². The second-order valence-corrected chi connectivity index (χ2v) is 7.62.